The maximum atomic E-state index is 6.90. The Hall–Kier alpha value is -1.38. The zero-order chi connectivity index (χ0) is 25.7. The average molecular weight is 510 g/mol. The molecule has 0 radical (unpaired) electrons. The number of hydrogen-bond acceptors (Lipinski definition) is 8. The normalized spacial score (nSPS) is 24.8. The number of anilines is 1. The predicted octanol–water partition coefficient (Wildman–Crippen LogP) is 5.08. The highest BCUT2D eigenvalue weighted by atomic mass is 28.4. The zero-order valence-corrected chi connectivity index (χ0v) is 24.7. The molecule has 0 aromatic carbocycles. The van der Waals surface area contributed by atoms with E-state index in [9.17, 15) is 0 Å². The molecule has 0 amide bonds. The molecular formula is C23H43N5O4Si2. The first-order chi connectivity index (χ1) is 15.4. The molecule has 0 aliphatic carbocycles. The minimum absolute atomic E-state index is 0.0388. The number of nitrogens with zero attached hydrogens (tertiary/aromatic N) is 4. The summed E-state index contributed by atoms with van der Waals surface area (Å²) in [5.41, 5.74) is 7.20. The van der Waals surface area contributed by atoms with Crippen molar-refractivity contribution >= 4 is 33.6 Å². The van der Waals surface area contributed by atoms with Crippen LogP contribution in [0.15, 0.2) is 12.7 Å². The number of ether oxygens (including phenoxy) is 2. The average Bonchev–Trinajstić information content (AvgIpc) is 3.27. The third-order valence-corrected chi connectivity index (χ3v) is 16.9. The number of hydrogen-bond donors (Lipinski definition) is 1. The van der Waals surface area contributed by atoms with E-state index in [4.69, 9.17) is 24.1 Å². The summed E-state index contributed by atoms with van der Waals surface area (Å²) in [5, 5.41) is 0.114. The van der Waals surface area contributed by atoms with E-state index < -0.39 is 28.6 Å². The third kappa shape index (κ3) is 5.10. The van der Waals surface area contributed by atoms with Crippen LogP contribution in [0.1, 0.15) is 54.2 Å². The Balaban J connectivity index is 2.00. The second-order valence-corrected chi connectivity index (χ2v) is 21.9. The Morgan fingerprint density at radius 3 is 2.24 bits per heavy atom. The van der Waals surface area contributed by atoms with E-state index in [2.05, 4.69) is 82.7 Å². The number of rotatable bonds is 7. The maximum Gasteiger partial charge on any atom is 0.195 e. The van der Waals surface area contributed by atoms with Crippen LogP contribution in [0.3, 0.4) is 0 Å². The van der Waals surface area contributed by atoms with Gasteiger partial charge in [0.2, 0.25) is 0 Å². The molecule has 3 rings (SSSR count). The van der Waals surface area contributed by atoms with Gasteiger partial charge in [-0.2, -0.15) is 0 Å². The van der Waals surface area contributed by atoms with E-state index in [0.717, 1.165) is 0 Å². The Labute approximate surface area is 206 Å². The van der Waals surface area contributed by atoms with Gasteiger partial charge in [-0.15, -0.1) is 0 Å². The zero-order valence-electron chi connectivity index (χ0n) is 22.7. The van der Waals surface area contributed by atoms with Crippen LogP contribution >= 0.6 is 0 Å². The van der Waals surface area contributed by atoms with Crippen molar-refractivity contribution in [2.75, 3.05) is 19.5 Å². The first-order valence-corrected chi connectivity index (χ1v) is 17.7. The molecular weight excluding hydrogens is 466 g/mol. The van der Waals surface area contributed by atoms with Crippen molar-refractivity contribution in [1.82, 2.24) is 19.5 Å². The molecule has 0 unspecified atom stereocenters. The molecule has 11 heteroatoms. The number of nitrogens with two attached hydrogens (primary N) is 1. The topological polar surface area (TPSA) is 107 Å². The first kappa shape index (κ1) is 27.2. The lowest BCUT2D eigenvalue weighted by molar-refractivity contribution is -0.240. The molecule has 2 N–H and O–H groups in total. The van der Waals surface area contributed by atoms with Crippen molar-refractivity contribution in [2.24, 2.45) is 0 Å². The van der Waals surface area contributed by atoms with Crippen molar-refractivity contribution in [1.29, 1.82) is 0 Å². The molecule has 0 bridgehead atoms. The van der Waals surface area contributed by atoms with Crippen LogP contribution in [-0.4, -0.2) is 61.8 Å². The van der Waals surface area contributed by atoms with Gasteiger partial charge in [-0.1, -0.05) is 41.5 Å². The van der Waals surface area contributed by atoms with E-state index in [1.165, 1.54) is 6.33 Å². The summed E-state index contributed by atoms with van der Waals surface area (Å²) < 4.78 is 28.0. The number of nitrogen functional groups attached to an aromatic ring is 1. The summed E-state index contributed by atoms with van der Waals surface area (Å²) in [6.45, 7) is 22.7. The van der Waals surface area contributed by atoms with Gasteiger partial charge in [0, 0.05) is 13.5 Å². The summed E-state index contributed by atoms with van der Waals surface area (Å²) in [4.78, 5) is 13.0. The fourth-order valence-corrected chi connectivity index (χ4v) is 5.81. The highest BCUT2D eigenvalue weighted by molar-refractivity contribution is 6.74. The predicted molar refractivity (Wildman–Crippen MR) is 139 cm³/mol. The molecule has 9 nitrogen and oxygen atoms in total. The van der Waals surface area contributed by atoms with Gasteiger partial charge in [0.05, 0.1) is 19.0 Å². The van der Waals surface area contributed by atoms with E-state index in [1.807, 2.05) is 4.57 Å². The lowest BCUT2D eigenvalue weighted by atomic mass is 10.1. The largest absolute Gasteiger partial charge is 0.411 e. The second-order valence-electron chi connectivity index (χ2n) is 12.4. The molecule has 2 aromatic rings. The summed E-state index contributed by atoms with van der Waals surface area (Å²) in [6.07, 6.45) is 2.92. The lowest BCUT2D eigenvalue weighted by Crippen LogP contribution is -2.47. The van der Waals surface area contributed by atoms with Crippen molar-refractivity contribution in [3.8, 4) is 0 Å². The van der Waals surface area contributed by atoms with Gasteiger partial charge in [-0.25, -0.2) is 15.0 Å². The molecule has 3 heterocycles. The summed E-state index contributed by atoms with van der Waals surface area (Å²) in [7, 11) is -2.48. The summed E-state index contributed by atoms with van der Waals surface area (Å²) in [6, 6.07) is 0. The minimum Gasteiger partial charge on any atom is -0.411 e. The molecule has 192 valence electrons. The smallest absolute Gasteiger partial charge is 0.195 e. The second kappa shape index (κ2) is 8.93. The van der Waals surface area contributed by atoms with Crippen LogP contribution in [-0.2, 0) is 18.3 Å². The van der Waals surface area contributed by atoms with Gasteiger partial charge in [-0.3, -0.25) is 4.57 Å². The molecule has 1 fully saturated rings. The Bertz CT molecular complexity index is 1010. The summed E-state index contributed by atoms with van der Waals surface area (Å²) >= 11 is 0. The van der Waals surface area contributed by atoms with Crippen LogP contribution in [0.2, 0.25) is 36.3 Å². The molecule has 3 atom stereocenters. The third-order valence-electron chi connectivity index (χ3n) is 7.91. The number of aromatic nitrogens is 4. The van der Waals surface area contributed by atoms with Crippen LogP contribution in [0, 0.1) is 0 Å². The van der Waals surface area contributed by atoms with E-state index in [1.54, 1.807) is 13.4 Å². The van der Waals surface area contributed by atoms with Gasteiger partial charge >= 0.3 is 0 Å². The molecule has 34 heavy (non-hydrogen) atoms. The Morgan fingerprint density at radius 2 is 1.68 bits per heavy atom. The van der Waals surface area contributed by atoms with Crippen LogP contribution in [0.25, 0.3) is 11.2 Å². The molecule has 0 saturated carbocycles. The highest BCUT2D eigenvalue weighted by Gasteiger charge is 2.53. The van der Waals surface area contributed by atoms with Crippen LogP contribution < -0.4 is 5.73 Å². The van der Waals surface area contributed by atoms with E-state index in [-0.39, 0.29) is 16.2 Å². The minimum atomic E-state index is -2.13. The number of fused-ring (bicyclic) bond motifs is 1. The Kier molecular flexibility index (Phi) is 7.15. The SMILES string of the molecule is CO[C@]1(CO[Si](C)(C)C(C)(C)C)C[C@@H](O[Si](C)(C)C(C)(C)C)[C@H](n2cnc3c(N)ncnc32)O1. The number of imidazole rings is 1. The van der Waals surface area contributed by atoms with Crippen LogP contribution in [0.4, 0.5) is 5.82 Å². The quantitative estimate of drug-likeness (QED) is 0.515. The van der Waals surface area contributed by atoms with Gasteiger partial charge in [0.1, 0.15) is 11.8 Å². The molecule has 1 saturated heterocycles. The fourth-order valence-electron chi connectivity index (χ4n) is 3.49. The van der Waals surface area contributed by atoms with E-state index in [0.29, 0.717) is 30.0 Å². The van der Waals surface area contributed by atoms with Gasteiger partial charge in [0.15, 0.2) is 40.1 Å². The van der Waals surface area contributed by atoms with Gasteiger partial charge in [0.25, 0.3) is 0 Å². The first-order valence-electron chi connectivity index (χ1n) is 11.9. The van der Waals surface area contributed by atoms with Crippen molar-refractivity contribution < 1.29 is 18.3 Å². The van der Waals surface area contributed by atoms with Crippen LogP contribution in [0.5, 0.6) is 0 Å². The highest BCUT2D eigenvalue weighted by Crippen LogP contribution is 2.46. The molecule has 1 aliphatic heterocycles. The maximum absolute atomic E-state index is 6.90. The molecule has 0 spiro atoms. The Morgan fingerprint density at radius 1 is 1.06 bits per heavy atom. The van der Waals surface area contributed by atoms with Crippen molar-refractivity contribution in [2.45, 2.75) is 102 Å². The molecule has 1 aliphatic rings. The van der Waals surface area contributed by atoms with Gasteiger partial charge < -0.3 is 24.1 Å². The monoisotopic (exact) mass is 509 g/mol. The fraction of sp³-hybridized carbons (Fsp3) is 0.783. The number of methoxy groups -OCH3 is 1. The summed E-state index contributed by atoms with van der Waals surface area (Å²) in [5.74, 6) is -0.606. The van der Waals surface area contributed by atoms with Gasteiger partial charge in [-0.05, 0) is 36.3 Å². The van der Waals surface area contributed by atoms with E-state index >= 15 is 0 Å². The van der Waals surface area contributed by atoms with Crippen molar-refractivity contribution in [3.63, 3.8) is 0 Å². The van der Waals surface area contributed by atoms with Crippen molar-refractivity contribution in [3.05, 3.63) is 12.7 Å². The standard InChI is InChI=1S/C23H43N5O4Si2/c1-21(2,3)33(8,9)30-13-23(29-7)12-16(32-34(10,11)22(4,5)6)20(31-23)28-15-27-17-18(24)25-14-26-19(17)28/h14-16,20H,12-13H2,1-11H3,(H2,24,25,26)/t16-,20-,23-/m1/s1. The molecule has 2 aromatic heterocycles. The lowest BCUT2D eigenvalue weighted by Gasteiger charge is -2.39.